The van der Waals surface area contributed by atoms with E-state index in [2.05, 4.69) is 70.9 Å². The average Bonchev–Trinajstić information content (AvgIpc) is 3.11. The minimum Gasteiger partial charge on any atom is -0.158 e. The van der Waals surface area contributed by atoms with Crippen molar-refractivity contribution >= 4 is 43.1 Å². The van der Waals surface area contributed by atoms with Crippen molar-refractivity contribution in [2.45, 2.75) is 0 Å². The van der Waals surface area contributed by atoms with Crippen LogP contribution in [0.5, 0.6) is 0 Å². The van der Waals surface area contributed by atoms with Gasteiger partial charge in [0, 0.05) is 0 Å². The lowest BCUT2D eigenvalue weighted by atomic mass is 10.0. The summed E-state index contributed by atoms with van der Waals surface area (Å²) in [4.78, 5) is 0. The lowest BCUT2D eigenvalue weighted by Gasteiger charge is -2.02. The van der Waals surface area contributed by atoms with Crippen molar-refractivity contribution < 1.29 is 0 Å². The summed E-state index contributed by atoms with van der Waals surface area (Å²) in [5.74, 6) is 0. The third-order valence-corrected chi connectivity index (χ3v) is 4.66. The number of nitrogens with zero attached hydrogens (tertiary/aromatic N) is 2. The van der Waals surface area contributed by atoms with Crippen molar-refractivity contribution in [2.75, 3.05) is 0 Å². The Morgan fingerprint density at radius 2 is 1.30 bits per heavy atom. The van der Waals surface area contributed by atoms with Gasteiger partial charge >= 0.3 is 0 Å². The Hall–Kier alpha value is -2.78. The molecule has 0 radical (unpaired) electrons. The number of fused-ring (bicyclic) bond motifs is 4. The van der Waals surface area contributed by atoms with Crippen LogP contribution >= 0.6 is 11.3 Å². The molecule has 0 aliphatic rings. The predicted octanol–water partition coefficient (Wildman–Crippen LogP) is 5.68. The summed E-state index contributed by atoms with van der Waals surface area (Å²) < 4.78 is 1.20. The normalized spacial score (nSPS) is 10.6. The third kappa shape index (κ3) is 2.79. The fourth-order valence-corrected chi connectivity index (χ4v) is 3.39. The van der Waals surface area contributed by atoms with Gasteiger partial charge in [-0.05, 0) is 39.1 Å². The van der Waals surface area contributed by atoms with Gasteiger partial charge in [0.15, 0.2) is 0 Å². The Bertz CT molecular complexity index is 997. The molecule has 0 aliphatic heterocycles. The van der Waals surface area contributed by atoms with E-state index in [1.54, 1.807) is 17.5 Å². The maximum atomic E-state index is 3.90. The van der Waals surface area contributed by atoms with Gasteiger partial charge in [0.2, 0.25) is 0 Å². The molecular formula is C20H14N2S. The first-order valence-electron chi connectivity index (χ1n) is 7.43. The Balaban J connectivity index is 0.000000130. The Morgan fingerprint density at radius 3 is 1.96 bits per heavy atom. The van der Waals surface area contributed by atoms with E-state index in [0.717, 1.165) is 5.52 Å². The van der Waals surface area contributed by atoms with Crippen molar-refractivity contribution in [2.24, 2.45) is 0 Å². The molecule has 0 bridgehead atoms. The molecule has 0 fully saturated rings. The Labute approximate surface area is 138 Å². The van der Waals surface area contributed by atoms with E-state index in [1.807, 2.05) is 17.5 Å². The first kappa shape index (κ1) is 13.9. The molecule has 3 aromatic carbocycles. The topological polar surface area (TPSA) is 25.8 Å². The molecule has 0 saturated heterocycles. The van der Waals surface area contributed by atoms with Gasteiger partial charge in [-0.25, -0.2) is 0 Å². The van der Waals surface area contributed by atoms with Gasteiger partial charge in [-0.2, -0.15) is 5.10 Å². The van der Waals surface area contributed by atoms with Gasteiger partial charge < -0.3 is 0 Å². The molecule has 0 spiro atoms. The lowest BCUT2D eigenvalue weighted by Crippen LogP contribution is -1.75. The van der Waals surface area contributed by atoms with E-state index in [0.29, 0.717) is 0 Å². The molecular weight excluding hydrogens is 300 g/mol. The quantitative estimate of drug-likeness (QED) is 0.343. The van der Waals surface area contributed by atoms with Crippen LogP contribution in [0.1, 0.15) is 0 Å². The van der Waals surface area contributed by atoms with E-state index in [1.165, 1.54) is 26.2 Å². The maximum Gasteiger partial charge on any atom is 0.104 e. The number of rotatable bonds is 0. The van der Waals surface area contributed by atoms with Gasteiger partial charge in [0.1, 0.15) is 5.52 Å². The molecule has 0 unspecified atom stereocenters. The minimum atomic E-state index is 0.988. The molecule has 0 saturated carbocycles. The van der Waals surface area contributed by atoms with Gasteiger partial charge in [0.25, 0.3) is 0 Å². The van der Waals surface area contributed by atoms with Crippen LogP contribution in [-0.4, -0.2) is 10.2 Å². The summed E-state index contributed by atoms with van der Waals surface area (Å²) in [5.41, 5.74) is 0.988. The number of aromatic nitrogens is 2. The van der Waals surface area contributed by atoms with Crippen LogP contribution in [0, 0.1) is 0 Å². The summed E-state index contributed by atoms with van der Waals surface area (Å²) in [7, 11) is 0. The van der Waals surface area contributed by atoms with Gasteiger partial charge in [-0.1, -0.05) is 60.7 Å². The van der Waals surface area contributed by atoms with Gasteiger partial charge in [-0.15, -0.1) is 16.4 Å². The summed E-state index contributed by atoms with van der Waals surface area (Å²) >= 11 is 1.68. The maximum absolute atomic E-state index is 3.90. The molecule has 23 heavy (non-hydrogen) atoms. The molecule has 2 aromatic heterocycles. The smallest absolute Gasteiger partial charge is 0.104 e. The molecule has 0 aliphatic carbocycles. The van der Waals surface area contributed by atoms with E-state index < -0.39 is 0 Å². The zero-order chi connectivity index (χ0) is 15.5. The second-order valence-corrected chi connectivity index (χ2v) is 6.16. The number of benzene rings is 3. The van der Waals surface area contributed by atoms with E-state index >= 15 is 0 Å². The zero-order valence-electron chi connectivity index (χ0n) is 12.4. The molecule has 2 heterocycles. The summed E-state index contributed by atoms with van der Waals surface area (Å²) in [6, 6.07) is 25.3. The highest BCUT2D eigenvalue weighted by Gasteiger charge is 1.97. The minimum absolute atomic E-state index is 0.988. The fraction of sp³-hybridized carbons (Fsp3) is 0. The highest BCUT2D eigenvalue weighted by molar-refractivity contribution is 7.17. The predicted molar refractivity (Wildman–Crippen MR) is 98.9 cm³/mol. The first-order chi connectivity index (χ1) is 11.4. The van der Waals surface area contributed by atoms with E-state index in [-0.39, 0.29) is 0 Å². The van der Waals surface area contributed by atoms with Crippen molar-refractivity contribution in [1.29, 1.82) is 0 Å². The third-order valence-electron chi connectivity index (χ3n) is 3.79. The molecule has 0 amide bonds. The van der Waals surface area contributed by atoms with E-state index in [9.17, 15) is 0 Å². The molecule has 5 rings (SSSR count). The SMILES string of the molecule is c1cc2sccc2nn1.c1ccc2c(c1)ccc1ccccc12. The fourth-order valence-electron chi connectivity index (χ4n) is 2.67. The van der Waals surface area contributed by atoms with Gasteiger partial charge in [-0.3, -0.25) is 0 Å². The van der Waals surface area contributed by atoms with E-state index in [4.69, 9.17) is 0 Å². The summed E-state index contributed by atoms with van der Waals surface area (Å²) in [5, 5.41) is 15.0. The van der Waals surface area contributed by atoms with Crippen LogP contribution in [0.2, 0.25) is 0 Å². The summed E-state index contributed by atoms with van der Waals surface area (Å²) in [6.45, 7) is 0. The standard InChI is InChI=1S/C14H10.C6H4N2S/c1-3-7-13-11(5-1)9-10-12-6-2-4-8-14(12)13;1-3-7-8-5-2-4-9-6(1)5/h1-10H;1-4H. The monoisotopic (exact) mass is 314 g/mol. The first-order valence-corrected chi connectivity index (χ1v) is 8.31. The number of hydrogen-bond donors (Lipinski definition) is 0. The molecule has 0 N–H and O–H groups in total. The number of hydrogen-bond acceptors (Lipinski definition) is 3. The van der Waals surface area contributed by atoms with Gasteiger partial charge in [0.05, 0.1) is 10.9 Å². The Kier molecular flexibility index (Phi) is 3.70. The zero-order valence-corrected chi connectivity index (χ0v) is 13.2. The number of thiophene rings is 1. The van der Waals surface area contributed by atoms with Crippen LogP contribution in [0.4, 0.5) is 0 Å². The molecule has 2 nitrogen and oxygen atoms in total. The van der Waals surface area contributed by atoms with Crippen molar-refractivity contribution in [3.8, 4) is 0 Å². The van der Waals surface area contributed by atoms with Crippen LogP contribution in [0.25, 0.3) is 31.8 Å². The summed E-state index contributed by atoms with van der Waals surface area (Å²) in [6.07, 6.45) is 1.71. The molecule has 5 aromatic rings. The second-order valence-electron chi connectivity index (χ2n) is 5.21. The Morgan fingerprint density at radius 1 is 0.652 bits per heavy atom. The highest BCUT2D eigenvalue weighted by Crippen LogP contribution is 2.24. The molecule has 0 atom stereocenters. The largest absolute Gasteiger partial charge is 0.158 e. The van der Waals surface area contributed by atoms with Crippen LogP contribution in [-0.2, 0) is 0 Å². The molecule has 3 heteroatoms. The average molecular weight is 314 g/mol. The highest BCUT2D eigenvalue weighted by atomic mass is 32.1. The van der Waals surface area contributed by atoms with Crippen molar-refractivity contribution in [3.63, 3.8) is 0 Å². The molecule has 110 valence electrons. The van der Waals surface area contributed by atoms with Crippen molar-refractivity contribution in [3.05, 3.63) is 84.4 Å². The second kappa shape index (κ2) is 6.15. The lowest BCUT2D eigenvalue weighted by molar-refractivity contribution is 1.08. The van der Waals surface area contributed by atoms with Crippen LogP contribution in [0.15, 0.2) is 84.4 Å². The van der Waals surface area contributed by atoms with Crippen LogP contribution < -0.4 is 0 Å². The van der Waals surface area contributed by atoms with Crippen LogP contribution in [0.3, 0.4) is 0 Å². The van der Waals surface area contributed by atoms with Crippen molar-refractivity contribution in [1.82, 2.24) is 10.2 Å².